The monoisotopic (exact) mass is 309 g/mol. The van der Waals surface area contributed by atoms with Crippen LogP contribution < -0.4 is 10.9 Å². The second-order valence-corrected chi connectivity index (χ2v) is 5.67. The molecule has 0 spiro atoms. The van der Waals surface area contributed by atoms with Crippen molar-refractivity contribution in [2.75, 3.05) is 5.32 Å². The lowest BCUT2D eigenvalue weighted by molar-refractivity contribution is 0.786. The Morgan fingerprint density at radius 2 is 1.78 bits per heavy atom. The molecular weight excluding hydrogens is 290 g/mol. The van der Waals surface area contributed by atoms with Crippen LogP contribution in [0.25, 0.3) is 5.95 Å². The fourth-order valence-corrected chi connectivity index (χ4v) is 2.27. The van der Waals surface area contributed by atoms with Gasteiger partial charge in [0.05, 0.1) is 5.69 Å². The molecule has 0 atom stereocenters. The van der Waals surface area contributed by atoms with Crippen molar-refractivity contribution >= 4 is 11.5 Å². The average Bonchev–Trinajstić information content (AvgIpc) is 2.87. The Labute approximate surface area is 134 Å². The second-order valence-electron chi connectivity index (χ2n) is 5.67. The van der Waals surface area contributed by atoms with Crippen LogP contribution in [0.4, 0.5) is 11.5 Å². The second kappa shape index (κ2) is 5.72. The van der Waals surface area contributed by atoms with Gasteiger partial charge in [0, 0.05) is 23.0 Å². The Bertz CT molecular complexity index is 906. The number of hydrogen-bond donors (Lipinski definition) is 2. The van der Waals surface area contributed by atoms with Crippen LogP contribution in [0.2, 0.25) is 0 Å². The van der Waals surface area contributed by atoms with Gasteiger partial charge in [0.15, 0.2) is 0 Å². The summed E-state index contributed by atoms with van der Waals surface area (Å²) >= 11 is 0. The molecule has 2 N–H and O–H groups in total. The molecule has 0 unspecified atom stereocenters. The van der Waals surface area contributed by atoms with Crippen molar-refractivity contribution in [3.05, 3.63) is 63.2 Å². The molecule has 0 radical (unpaired) electrons. The molecule has 3 aromatic rings. The maximum Gasteiger partial charge on any atom is 0.255 e. The van der Waals surface area contributed by atoms with Crippen LogP contribution in [0, 0.1) is 27.7 Å². The molecule has 0 fully saturated rings. The average molecular weight is 309 g/mol. The summed E-state index contributed by atoms with van der Waals surface area (Å²) in [5.41, 5.74) is 4.13. The van der Waals surface area contributed by atoms with Crippen LogP contribution in [-0.2, 0) is 0 Å². The zero-order chi connectivity index (χ0) is 16.6. The van der Waals surface area contributed by atoms with Crippen LogP contribution in [0.3, 0.4) is 0 Å². The molecule has 3 rings (SSSR count). The largest absolute Gasteiger partial charge is 0.340 e. The van der Waals surface area contributed by atoms with E-state index < -0.39 is 0 Å². The Hall–Kier alpha value is -2.89. The molecule has 0 aliphatic carbocycles. The molecule has 0 aliphatic heterocycles. The number of rotatable bonds is 3. The highest BCUT2D eigenvalue weighted by molar-refractivity contribution is 5.58. The van der Waals surface area contributed by atoms with Gasteiger partial charge in [0.25, 0.3) is 5.56 Å². The molecule has 2 heterocycles. The summed E-state index contributed by atoms with van der Waals surface area (Å²) < 4.78 is 1.61. The van der Waals surface area contributed by atoms with Crippen LogP contribution in [0.5, 0.6) is 0 Å². The molecule has 6 nitrogen and oxygen atoms in total. The van der Waals surface area contributed by atoms with Gasteiger partial charge in [-0.15, -0.1) is 0 Å². The van der Waals surface area contributed by atoms with Crippen LogP contribution in [0.1, 0.15) is 22.5 Å². The van der Waals surface area contributed by atoms with Gasteiger partial charge in [-0.2, -0.15) is 9.78 Å². The van der Waals surface area contributed by atoms with Gasteiger partial charge in [0.2, 0.25) is 5.95 Å². The van der Waals surface area contributed by atoms with Crippen molar-refractivity contribution in [2.45, 2.75) is 27.7 Å². The van der Waals surface area contributed by atoms with Gasteiger partial charge in [0.1, 0.15) is 5.82 Å². The van der Waals surface area contributed by atoms with Crippen molar-refractivity contribution in [1.29, 1.82) is 0 Å². The standard InChI is InChI=1S/C17H19N5O/c1-10-5-7-14(8-6-10)19-15-9-11(2)21-22(15)17-18-13(4)12(3)16(23)20-17/h5-9,19H,1-4H3,(H,18,20,23). The molecule has 23 heavy (non-hydrogen) atoms. The zero-order valence-electron chi connectivity index (χ0n) is 13.6. The minimum atomic E-state index is -0.151. The summed E-state index contributed by atoms with van der Waals surface area (Å²) in [5, 5.41) is 7.74. The van der Waals surface area contributed by atoms with E-state index in [1.807, 2.05) is 51.1 Å². The van der Waals surface area contributed by atoms with Crippen molar-refractivity contribution in [1.82, 2.24) is 19.7 Å². The highest BCUT2D eigenvalue weighted by Gasteiger charge is 2.12. The highest BCUT2D eigenvalue weighted by Crippen LogP contribution is 2.20. The fraction of sp³-hybridized carbons (Fsp3) is 0.235. The third-order valence-electron chi connectivity index (χ3n) is 3.74. The summed E-state index contributed by atoms with van der Waals surface area (Å²) in [4.78, 5) is 19.2. The molecule has 0 aliphatic rings. The summed E-state index contributed by atoms with van der Waals surface area (Å²) in [5.74, 6) is 1.15. The van der Waals surface area contributed by atoms with Crippen molar-refractivity contribution in [3.63, 3.8) is 0 Å². The Morgan fingerprint density at radius 1 is 1.09 bits per heavy atom. The predicted octanol–water partition coefficient (Wildman–Crippen LogP) is 2.93. The maximum absolute atomic E-state index is 12.0. The number of aromatic amines is 1. The quantitative estimate of drug-likeness (QED) is 0.780. The van der Waals surface area contributed by atoms with E-state index in [2.05, 4.69) is 20.4 Å². The lowest BCUT2D eigenvalue weighted by Gasteiger charge is -2.10. The SMILES string of the molecule is Cc1ccc(Nc2cc(C)nn2-c2nc(C)c(C)c(=O)[nH]2)cc1. The number of hydrogen-bond acceptors (Lipinski definition) is 4. The van der Waals surface area contributed by atoms with Gasteiger partial charge >= 0.3 is 0 Å². The summed E-state index contributed by atoms with van der Waals surface area (Å²) in [7, 11) is 0. The minimum Gasteiger partial charge on any atom is -0.340 e. The molecule has 118 valence electrons. The van der Waals surface area contributed by atoms with Gasteiger partial charge in [-0.1, -0.05) is 17.7 Å². The summed E-state index contributed by atoms with van der Waals surface area (Å²) in [6, 6.07) is 9.98. The Balaban J connectivity index is 2.04. The van der Waals surface area contributed by atoms with Crippen LogP contribution >= 0.6 is 0 Å². The third-order valence-corrected chi connectivity index (χ3v) is 3.74. The van der Waals surface area contributed by atoms with Crippen LogP contribution in [0.15, 0.2) is 35.1 Å². The molecule has 0 saturated carbocycles. The van der Waals surface area contributed by atoms with E-state index in [-0.39, 0.29) is 5.56 Å². The predicted molar refractivity (Wildman–Crippen MR) is 90.7 cm³/mol. The van der Waals surface area contributed by atoms with Gasteiger partial charge in [-0.3, -0.25) is 9.78 Å². The molecule has 0 saturated heterocycles. The molecule has 0 amide bonds. The first-order chi connectivity index (χ1) is 10.9. The molecule has 2 aromatic heterocycles. The first kappa shape index (κ1) is 15.0. The smallest absolute Gasteiger partial charge is 0.255 e. The number of aromatic nitrogens is 4. The number of nitrogens with zero attached hydrogens (tertiary/aromatic N) is 3. The van der Waals surface area contributed by atoms with Crippen molar-refractivity contribution in [3.8, 4) is 5.95 Å². The van der Waals surface area contributed by atoms with Crippen LogP contribution in [-0.4, -0.2) is 19.7 Å². The summed E-state index contributed by atoms with van der Waals surface area (Å²) in [6.45, 7) is 7.51. The van der Waals surface area contributed by atoms with Crippen molar-refractivity contribution in [2.24, 2.45) is 0 Å². The highest BCUT2D eigenvalue weighted by atomic mass is 16.1. The molecular formula is C17H19N5O. The van der Waals surface area contributed by atoms with E-state index in [0.29, 0.717) is 17.2 Å². The van der Waals surface area contributed by atoms with E-state index in [1.54, 1.807) is 11.6 Å². The number of aryl methyl sites for hydroxylation is 3. The normalized spacial score (nSPS) is 10.8. The minimum absolute atomic E-state index is 0.151. The molecule has 0 bridgehead atoms. The van der Waals surface area contributed by atoms with Crippen molar-refractivity contribution < 1.29 is 0 Å². The number of benzene rings is 1. The van der Waals surface area contributed by atoms with E-state index in [9.17, 15) is 4.79 Å². The number of H-pyrrole nitrogens is 1. The first-order valence-electron chi connectivity index (χ1n) is 7.42. The molecule has 1 aromatic carbocycles. The summed E-state index contributed by atoms with van der Waals surface area (Å²) in [6.07, 6.45) is 0. The van der Waals surface area contributed by atoms with Gasteiger partial charge < -0.3 is 5.32 Å². The van der Waals surface area contributed by atoms with Gasteiger partial charge in [-0.05, 0) is 39.8 Å². The van der Waals surface area contributed by atoms with Gasteiger partial charge in [-0.25, -0.2) is 4.98 Å². The van der Waals surface area contributed by atoms with E-state index in [4.69, 9.17) is 0 Å². The number of anilines is 2. The fourth-order valence-electron chi connectivity index (χ4n) is 2.27. The topological polar surface area (TPSA) is 75.6 Å². The van der Waals surface area contributed by atoms with E-state index in [1.165, 1.54) is 5.56 Å². The maximum atomic E-state index is 12.0. The first-order valence-corrected chi connectivity index (χ1v) is 7.42. The van der Waals surface area contributed by atoms with E-state index in [0.717, 1.165) is 17.2 Å². The number of nitrogens with one attached hydrogen (secondary N) is 2. The Morgan fingerprint density at radius 3 is 2.43 bits per heavy atom. The lowest BCUT2D eigenvalue weighted by atomic mass is 10.2. The van der Waals surface area contributed by atoms with E-state index >= 15 is 0 Å². The molecule has 6 heteroatoms. The Kier molecular flexibility index (Phi) is 3.73. The lowest BCUT2D eigenvalue weighted by Crippen LogP contribution is -2.18. The third kappa shape index (κ3) is 3.01. The zero-order valence-corrected chi connectivity index (χ0v) is 13.6.